The number of aromatic amines is 1. The molecule has 1 heteroatoms. The Labute approximate surface area is 85.1 Å². The summed E-state index contributed by atoms with van der Waals surface area (Å²) < 4.78 is 0. The monoisotopic (exact) mass is 187 g/mol. The van der Waals surface area contributed by atoms with Gasteiger partial charge in [-0.3, -0.25) is 0 Å². The normalized spacial score (nSPS) is 11.4. The fourth-order valence-electron chi connectivity index (χ4n) is 2.04. The van der Waals surface area contributed by atoms with E-state index in [0.717, 1.165) is 6.42 Å². The molecule has 2 rings (SSSR count). The summed E-state index contributed by atoms with van der Waals surface area (Å²) in [5, 5.41) is 1.44. The Bertz CT molecular complexity index is 437. The average molecular weight is 187 g/mol. The third kappa shape index (κ3) is 1.33. The number of hydrogen-bond acceptors (Lipinski definition) is 0. The third-order valence-corrected chi connectivity index (χ3v) is 2.83. The summed E-state index contributed by atoms with van der Waals surface area (Å²) in [5.74, 6) is 0.594. The molecule has 14 heavy (non-hydrogen) atoms. The lowest BCUT2D eigenvalue weighted by atomic mass is 9.98. The first-order valence-electron chi connectivity index (χ1n) is 5.33. The molecule has 1 N–H and O–H groups in total. The zero-order valence-corrected chi connectivity index (χ0v) is 9.09. The second-order valence-electron chi connectivity index (χ2n) is 4.09. The molecule has 0 saturated heterocycles. The van der Waals surface area contributed by atoms with E-state index in [9.17, 15) is 0 Å². The van der Waals surface area contributed by atoms with Crippen LogP contribution in [0, 0.1) is 0 Å². The van der Waals surface area contributed by atoms with Crippen molar-refractivity contribution in [2.75, 3.05) is 0 Å². The van der Waals surface area contributed by atoms with Crippen molar-refractivity contribution in [1.82, 2.24) is 4.98 Å². The van der Waals surface area contributed by atoms with E-state index in [1.165, 1.54) is 22.0 Å². The minimum absolute atomic E-state index is 0.594. The Morgan fingerprint density at radius 3 is 2.71 bits per heavy atom. The second-order valence-corrected chi connectivity index (χ2v) is 4.09. The van der Waals surface area contributed by atoms with Crippen molar-refractivity contribution >= 4 is 10.9 Å². The van der Waals surface area contributed by atoms with Crippen LogP contribution in [0.1, 0.15) is 37.8 Å². The van der Waals surface area contributed by atoms with Crippen molar-refractivity contribution in [1.29, 1.82) is 0 Å². The summed E-state index contributed by atoms with van der Waals surface area (Å²) in [6, 6.07) is 6.50. The van der Waals surface area contributed by atoms with Crippen LogP contribution in [0.3, 0.4) is 0 Å². The number of hydrogen-bond donors (Lipinski definition) is 1. The minimum Gasteiger partial charge on any atom is -0.361 e. The first-order chi connectivity index (χ1) is 6.74. The summed E-state index contributed by atoms with van der Waals surface area (Å²) >= 11 is 0. The molecule has 74 valence electrons. The Morgan fingerprint density at radius 2 is 2.07 bits per heavy atom. The molecule has 1 nitrogen and oxygen atoms in total. The fourth-order valence-corrected chi connectivity index (χ4v) is 2.04. The molecule has 0 aliphatic carbocycles. The molecule has 0 unspecified atom stereocenters. The van der Waals surface area contributed by atoms with Gasteiger partial charge in [0.25, 0.3) is 0 Å². The maximum atomic E-state index is 3.34. The molecule has 0 spiro atoms. The molecule has 0 saturated carbocycles. The maximum absolute atomic E-state index is 3.34. The van der Waals surface area contributed by atoms with Gasteiger partial charge >= 0.3 is 0 Å². The number of fused-ring (bicyclic) bond motifs is 1. The van der Waals surface area contributed by atoms with Crippen LogP contribution >= 0.6 is 0 Å². The number of nitrogens with one attached hydrogen (secondary N) is 1. The Balaban J connectivity index is 2.74. The van der Waals surface area contributed by atoms with Crippen molar-refractivity contribution in [3.8, 4) is 0 Å². The highest BCUT2D eigenvalue weighted by Crippen LogP contribution is 2.28. The van der Waals surface area contributed by atoms with E-state index >= 15 is 0 Å². The molecule has 0 bridgehead atoms. The van der Waals surface area contributed by atoms with Gasteiger partial charge in [0.15, 0.2) is 0 Å². The molecule has 1 aromatic heterocycles. The van der Waals surface area contributed by atoms with E-state index in [2.05, 4.69) is 50.2 Å². The van der Waals surface area contributed by atoms with Crippen molar-refractivity contribution in [2.45, 2.75) is 33.1 Å². The van der Waals surface area contributed by atoms with Gasteiger partial charge < -0.3 is 4.98 Å². The zero-order chi connectivity index (χ0) is 10.1. The highest BCUT2D eigenvalue weighted by Gasteiger charge is 2.09. The molecule has 0 amide bonds. The Morgan fingerprint density at radius 1 is 1.29 bits per heavy atom. The molecular formula is C13H17N. The molecular weight excluding hydrogens is 170 g/mol. The number of aryl methyl sites for hydroxylation is 1. The highest BCUT2D eigenvalue weighted by atomic mass is 14.7. The van der Waals surface area contributed by atoms with Gasteiger partial charge in [0.2, 0.25) is 0 Å². The van der Waals surface area contributed by atoms with E-state index in [-0.39, 0.29) is 0 Å². The summed E-state index contributed by atoms with van der Waals surface area (Å²) in [5.41, 5.74) is 4.16. The fraction of sp³-hybridized carbons (Fsp3) is 0.385. The molecule has 0 atom stereocenters. The van der Waals surface area contributed by atoms with E-state index in [1.807, 2.05) is 0 Å². The van der Waals surface area contributed by atoms with E-state index in [1.54, 1.807) is 0 Å². The van der Waals surface area contributed by atoms with Gasteiger partial charge in [0.05, 0.1) is 0 Å². The average Bonchev–Trinajstić information content (AvgIpc) is 2.60. The van der Waals surface area contributed by atoms with Crippen molar-refractivity contribution in [2.24, 2.45) is 0 Å². The van der Waals surface area contributed by atoms with Crippen LogP contribution in [0.2, 0.25) is 0 Å². The second kappa shape index (κ2) is 3.49. The van der Waals surface area contributed by atoms with Crippen LogP contribution < -0.4 is 0 Å². The van der Waals surface area contributed by atoms with Crippen LogP contribution in [0.5, 0.6) is 0 Å². The molecule has 0 fully saturated rings. The first kappa shape index (κ1) is 9.32. The SMILES string of the molecule is CCc1cccc2[nH]cc(C(C)C)c12. The van der Waals surface area contributed by atoms with Gasteiger partial charge in [0.1, 0.15) is 0 Å². The van der Waals surface area contributed by atoms with Crippen LogP contribution in [0.4, 0.5) is 0 Å². The number of H-pyrrole nitrogens is 1. The number of rotatable bonds is 2. The van der Waals surface area contributed by atoms with E-state index in [0.29, 0.717) is 5.92 Å². The van der Waals surface area contributed by atoms with Gasteiger partial charge in [0, 0.05) is 17.1 Å². The summed E-state index contributed by atoms with van der Waals surface area (Å²) in [7, 11) is 0. The molecule has 0 aliphatic rings. The summed E-state index contributed by atoms with van der Waals surface area (Å²) in [6.07, 6.45) is 3.25. The van der Waals surface area contributed by atoms with Gasteiger partial charge in [-0.15, -0.1) is 0 Å². The van der Waals surface area contributed by atoms with Crippen molar-refractivity contribution in [3.05, 3.63) is 35.5 Å². The van der Waals surface area contributed by atoms with Gasteiger partial charge in [-0.05, 0) is 29.5 Å². The van der Waals surface area contributed by atoms with Crippen LogP contribution in [0.15, 0.2) is 24.4 Å². The first-order valence-corrected chi connectivity index (χ1v) is 5.33. The molecule has 1 aromatic carbocycles. The largest absolute Gasteiger partial charge is 0.361 e. The lowest BCUT2D eigenvalue weighted by molar-refractivity contribution is 0.874. The summed E-state index contributed by atoms with van der Waals surface area (Å²) in [4.78, 5) is 3.34. The molecule has 1 heterocycles. The molecule has 2 aromatic rings. The van der Waals surface area contributed by atoms with Gasteiger partial charge in [-0.25, -0.2) is 0 Å². The van der Waals surface area contributed by atoms with E-state index < -0.39 is 0 Å². The predicted molar refractivity (Wildman–Crippen MR) is 61.8 cm³/mol. The predicted octanol–water partition coefficient (Wildman–Crippen LogP) is 3.85. The van der Waals surface area contributed by atoms with Crippen LogP contribution in [-0.4, -0.2) is 4.98 Å². The van der Waals surface area contributed by atoms with Gasteiger partial charge in [-0.1, -0.05) is 32.9 Å². The number of benzene rings is 1. The maximum Gasteiger partial charge on any atom is 0.0459 e. The van der Waals surface area contributed by atoms with Crippen molar-refractivity contribution in [3.63, 3.8) is 0 Å². The molecule has 0 radical (unpaired) electrons. The zero-order valence-electron chi connectivity index (χ0n) is 9.09. The van der Waals surface area contributed by atoms with Crippen molar-refractivity contribution < 1.29 is 0 Å². The smallest absolute Gasteiger partial charge is 0.0459 e. The van der Waals surface area contributed by atoms with Crippen LogP contribution in [0.25, 0.3) is 10.9 Å². The van der Waals surface area contributed by atoms with Crippen LogP contribution in [-0.2, 0) is 6.42 Å². The lowest BCUT2D eigenvalue weighted by Crippen LogP contribution is -1.88. The standard InChI is InChI=1S/C13H17N/c1-4-10-6-5-7-12-13(10)11(8-14-12)9(2)3/h5-9,14H,4H2,1-3H3. The highest BCUT2D eigenvalue weighted by molar-refractivity contribution is 5.87. The quantitative estimate of drug-likeness (QED) is 0.735. The topological polar surface area (TPSA) is 15.8 Å². The minimum atomic E-state index is 0.594. The third-order valence-electron chi connectivity index (χ3n) is 2.83. The molecule has 0 aliphatic heterocycles. The number of aromatic nitrogens is 1. The summed E-state index contributed by atoms with van der Waals surface area (Å²) in [6.45, 7) is 6.70. The Kier molecular flexibility index (Phi) is 2.32. The Hall–Kier alpha value is -1.24. The van der Waals surface area contributed by atoms with Gasteiger partial charge in [-0.2, -0.15) is 0 Å². The van der Waals surface area contributed by atoms with E-state index in [4.69, 9.17) is 0 Å². The lowest BCUT2D eigenvalue weighted by Gasteiger charge is -2.06.